The maximum atomic E-state index is 6.31. The van der Waals surface area contributed by atoms with Crippen LogP contribution in [0.4, 0.5) is 0 Å². The molecule has 1 saturated carbocycles. The van der Waals surface area contributed by atoms with Crippen molar-refractivity contribution >= 4 is 0 Å². The van der Waals surface area contributed by atoms with Gasteiger partial charge >= 0.3 is 0 Å². The molecule has 2 heteroatoms. The predicted octanol–water partition coefficient (Wildman–Crippen LogP) is 6.00. The van der Waals surface area contributed by atoms with Crippen molar-refractivity contribution in [3.63, 3.8) is 0 Å². The second-order valence-electron chi connectivity index (χ2n) is 9.13. The summed E-state index contributed by atoms with van der Waals surface area (Å²) in [7, 11) is 0. The van der Waals surface area contributed by atoms with Crippen LogP contribution >= 0.6 is 0 Å². The van der Waals surface area contributed by atoms with Crippen LogP contribution in [0.3, 0.4) is 0 Å². The fourth-order valence-corrected chi connectivity index (χ4v) is 5.52. The Morgan fingerprint density at radius 2 is 1.48 bits per heavy atom. The summed E-state index contributed by atoms with van der Waals surface area (Å²) in [5.74, 6) is 1.52. The van der Waals surface area contributed by atoms with Crippen LogP contribution < -0.4 is 0 Å². The fourth-order valence-electron chi connectivity index (χ4n) is 5.52. The van der Waals surface area contributed by atoms with E-state index >= 15 is 0 Å². The summed E-state index contributed by atoms with van der Waals surface area (Å²) < 4.78 is 6.31. The van der Waals surface area contributed by atoms with Gasteiger partial charge in [0.1, 0.15) is 0 Å². The normalized spacial score (nSPS) is 27.8. The Morgan fingerprint density at radius 1 is 0.840 bits per heavy atom. The number of fused-ring (bicyclic) bond motifs is 3. The van der Waals surface area contributed by atoms with Crippen LogP contribution in [-0.4, -0.2) is 4.98 Å². The molecular weight excluding hydrogens is 306 g/mol. The number of hydrogen-bond donors (Lipinski definition) is 0. The molecule has 6 rings (SSSR count). The zero-order valence-corrected chi connectivity index (χ0v) is 15.7. The van der Waals surface area contributed by atoms with Crippen molar-refractivity contribution in [3.05, 3.63) is 52.7 Å². The minimum Gasteiger partial charge on any atom is -0.360 e. The first kappa shape index (κ1) is 15.6. The van der Waals surface area contributed by atoms with Crippen LogP contribution in [0.25, 0.3) is 11.3 Å². The van der Waals surface area contributed by atoms with Crippen molar-refractivity contribution in [2.24, 2.45) is 0 Å². The highest BCUT2D eigenvalue weighted by atomic mass is 16.5. The van der Waals surface area contributed by atoms with E-state index < -0.39 is 0 Å². The van der Waals surface area contributed by atoms with Gasteiger partial charge in [0, 0.05) is 11.8 Å². The first-order chi connectivity index (χ1) is 11.9. The third-order valence-electron chi connectivity index (χ3n) is 6.70. The van der Waals surface area contributed by atoms with Crippen LogP contribution in [0.2, 0.25) is 0 Å². The van der Waals surface area contributed by atoms with E-state index in [4.69, 9.17) is 9.72 Å². The molecular formula is C23H27NO. The molecule has 0 N–H and O–H groups in total. The Morgan fingerprint density at radius 3 is 2.20 bits per heavy atom. The van der Waals surface area contributed by atoms with Gasteiger partial charge in [-0.15, -0.1) is 0 Å². The molecule has 2 heterocycles. The summed E-state index contributed by atoms with van der Waals surface area (Å²) in [6.07, 6.45) is 7.61. The molecule has 2 nitrogen and oxygen atoms in total. The lowest BCUT2D eigenvalue weighted by atomic mass is 9.67. The molecule has 2 bridgehead atoms. The molecule has 1 aromatic carbocycles. The summed E-state index contributed by atoms with van der Waals surface area (Å²) >= 11 is 0. The zero-order chi connectivity index (χ0) is 17.4. The fraction of sp³-hybridized carbons (Fsp3) is 0.522. The van der Waals surface area contributed by atoms with Gasteiger partial charge in [-0.25, -0.2) is 0 Å². The number of hydrogen-bond acceptors (Lipinski definition) is 2. The number of benzene rings is 1. The Bertz CT molecular complexity index is 856. The first-order valence-corrected chi connectivity index (χ1v) is 9.70. The van der Waals surface area contributed by atoms with E-state index in [1.807, 2.05) is 0 Å². The highest BCUT2D eigenvalue weighted by molar-refractivity contribution is 5.64. The van der Waals surface area contributed by atoms with Crippen LogP contribution in [0.15, 0.2) is 30.5 Å². The summed E-state index contributed by atoms with van der Waals surface area (Å²) in [5, 5.41) is 0. The Hall–Kier alpha value is -1.67. The van der Waals surface area contributed by atoms with Crippen LogP contribution in [0.5, 0.6) is 0 Å². The van der Waals surface area contributed by atoms with Gasteiger partial charge < -0.3 is 4.74 Å². The monoisotopic (exact) mass is 333 g/mol. The molecule has 0 amide bonds. The first-order valence-electron chi connectivity index (χ1n) is 9.70. The maximum absolute atomic E-state index is 6.31. The Kier molecular flexibility index (Phi) is 3.08. The molecule has 0 saturated heterocycles. The highest BCUT2D eigenvalue weighted by Gasteiger charge is 2.43. The molecule has 130 valence electrons. The lowest BCUT2D eigenvalue weighted by Gasteiger charge is -2.38. The predicted molar refractivity (Wildman–Crippen MR) is 101 cm³/mol. The number of pyridine rings is 1. The lowest BCUT2D eigenvalue weighted by Crippen LogP contribution is -2.22. The molecule has 0 atom stereocenters. The van der Waals surface area contributed by atoms with Crippen molar-refractivity contribution in [3.8, 4) is 11.3 Å². The second kappa shape index (κ2) is 4.94. The second-order valence-corrected chi connectivity index (χ2v) is 9.13. The van der Waals surface area contributed by atoms with Gasteiger partial charge in [-0.3, -0.25) is 4.98 Å². The van der Waals surface area contributed by atoms with Crippen molar-refractivity contribution in [2.75, 3.05) is 0 Å². The highest BCUT2D eigenvalue weighted by Crippen LogP contribution is 2.50. The molecule has 1 aromatic heterocycles. The van der Waals surface area contributed by atoms with Crippen molar-refractivity contribution < 1.29 is 4.74 Å². The lowest BCUT2D eigenvalue weighted by molar-refractivity contribution is -0.105. The van der Waals surface area contributed by atoms with E-state index in [-0.39, 0.29) is 11.2 Å². The molecule has 25 heavy (non-hydrogen) atoms. The minimum absolute atomic E-state index is 0.222. The van der Waals surface area contributed by atoms with Gasteiger partial charge in [0.25, 0.3) is 0 Å². The average molecular weight is 333 g/mol. The van der Waals surface area contributed by atoms with E-state index in [9.17, 15) is 0 Å². The van der Waals surface area contributed by atoms with Gasteiger partial charge in [0.2, 0.25) is 0 Å². The topological polar surface area (TPSA) is 22.1 Å². The molecule has 0 unspecified atom stereocenters. The van der Waals surface area contributed by atoms with Gasteiger partial charge in [-0.2, -0.15) is 0 Å². The van der Waals surface area contributed by atoms with Crippen LogP contribution in [-0.2, 0) is 15.9 Å². The maximum Gasteiger partial charge on any atom is 0.0891 e. The molecule has 0 spiro atoms. The number of ether oxygens (including phenoxy) is 1. The molecule has 2 aromatic rings. The van der Waals surface area contributed by atoms with E-state index in [1.165, 1.54) is 47.9 Å². The van der Waals surface area contributed by atoms with E-state index in [1.54, 1.807) is 5.56 Å². The largest absolute Gasteiger partial charge is 0.360 e. The number of rotatable bonds is 1. The van der Waals surface area contributed by atoms with Crippen molar-refractivity contribution in [1.82, 2.24) is 4.98 Å². The van der Waals surface area contributed by atoms with Crippen molar-refractivity contribution in [1.29, 1.82) is 0 Å². The smallest absolute Gasteiger partial charge is 0.0891 e. The SMILES string of the molecule is CC1(C)OC(C)(C)c2cc(-c3cc4c(cn3)C3CCC4CC3)ccc21. The molecule has 0 radical (unpaired) electrons. The van der Waals surface area contributed by atoms with Gasteiger partial charge in [0.15, 0.2) is 0 Å². The summed E-state index contributed by atoms with van der Waals surface area (Å²) in [5.41, 5.74) is 7.57. The summed E-state index contributed by atoms with van der Waals surface area (Å²) in [6, 6.07) is 9.15. The Balaban J connectivity index is 1.61. The van der Waals surface area contributed by atoms with E-state index in [0.29, 0.717) is 0 Å². The molecule has 3 aliphatic carbocycles. The number of nitrogens with zero attached hydrogens (tertiary/aromatic N) is 1. The average Bonchev–Trinajstić information content (AvgIpc) is 2.80. The zero-order valence-electron chi connectivity index (χ0n) is 15.7. The van der Waals surface area contributed by atoms with E-state index in [2.05, 4.69) is 58.2 Å². The molecule has 4 aliphatic rings. The molecule has 1 aliphatic heterocycles. The minimum atomic E-state index is -0.248. The standard InChI is InChI=1S/C23H27NO/c1-22(2)19-10-9-16(11-20(19)23(3,4)25-22)21-12-17-14-5-7-15(8-6-14)18(17)13-24-21/h9-15H,5-8H2,1-4H3. The van der Waals surface area contributed by atoms with Gasteiger partial charge in [0.05, 0.1) is 16.9 Å². The third kappa shape index (κ3) is 2.23. The Labute approximate surface area is 150 Å². The van der Waals surface area contributed by atoms with Crippen molar-refractivity contribution in [2.45, 2.75) is 76.4 Å². The summed E-state index contributed by atoms with van der Waals surface area (Å²) in [6.45, 7) is 8.66. The van der Waals surface area contributed by atoms with Crippen LogP contribution in [0, 0.1) is 0 Å². The third-order valence-corrected chi connectivity index (χ3v) is 6.70. The number of aromatic nitrogens is 1. The summed E-state index contributed by atoms with van der Waals surface area (Å²) in [4.78, 5) is 4.85. The van der Waals surface area contributed by atoms with Gasteiger partial charge in [-0.1, -0.05) is 12.1 Å². The quantitative estimate of drug-likeness (QED) is 0.638. The van der Waals surface area contributed by atoms with Crippen LogP contribution in [0.1, 0.15) is 87.5 Å². The van der Waals surface area contributed by atoms with Gasteiger partial charge in [-0.05, 0) is 99.6 Å². The van der Waals surface area contributed by atoms with E-state index in [0.717, 1.165) is 17.5 Å². The molecule has 1 fully saturated rings.